The van der Waals surface area contributed by atoms with E-state index in [2.05, 4.69) is 22.8 Å². The van der Waals surface area contributed by atoms with Crippen LogP contribution in [0.3, 0.4) is 0 Å². The van der Waals surface area contributed by atoms with Crippen LogP contribution in [0, 0.1) is 5.41 Å². The van der Waals surface area contributed by atoms with Gasteiger partial charge in [-0.2, -0.15) is 0 Å². The van der Waals surface area contributed by atoms with E-state index >= 15 is 0 Å². The van der Waals surface area contributed by atoms with Crippen molar-refractivity contribution >= 4 is 35.0 Å². The lowest BCUT2D eigenvalue weighted by Crippen LogP contribution is -2.30. The van der Waals surface area contributed by atoms with Gasteiger partial charge in [-0.15, -0.1) is 23.1 Å². The Morgan fingerprint density at radius 1 is 1.29 bits per heavy atom. The molecule has 2 aromatic rings. The number of allylic oxidation sites excluding steroid dienone is 1. The molecule has 1 saturated carbocycles. The Morgan fingerprint density at radius 3 is 2.84 bits per heavy atom. The standard InChI is InChI=1S/C23H29FN4OS2/c24-8-9-26-12-18(11-25)28-17-6-7-20(21(10-17)30-19-14-29-15-19)22-13-27-23(31-22)16-4-2-1-3-5-16/h6-7,10-13,16,19,25-26,28H,1-5,8-9,14-15H2/b18-12+,25-11?. The van der Waals surface area contributed by atoms with Gasteiger partial charge < -0.3 is 20.8 Å². The molecule has 5 nitrogen and oxygen atoms in total. The van der Waals surface area contributed by atoms with Gasteiger partial charge in [-0.05, 0) is 25.0 Å². The summed E-state index contributed by atoms with van der Waals surface area (Å²) >= 11 is 3.67. The summed E-state index contributed by atoms with van der Waals surface area (Å²) < 4.78 is 17.7. The third-order valence-electron chi connectivity index (χ3n) is 5.57. The van der Waals surface area contributed by atoms with Crippen LogP contribution < -0.4 is 10.6 Å². The van der Waals surface area contributed by atoms with Crippen LogP contribution >= 0.6 is 23.1 Å². The highest BCUT2D eigenvalue weighted by atomic mass is 32.2. The van der Waals surface area contributed by atoms with Crippen molar-refractivity contribution in [3.05, 3.63) is 41.3 Å². The average molecular weight is 461 g/mol. The van der Waals surface area contributed by atoms with Crippen LogP contribution in [0.4, 0.5) is 10.1 Å². The molecule has 3 N–H and O–H groups in total. The summed E-state index contributed by atoms with van der Waals surface area (Å²) in [6.07, 6.45) is 11.4. The number of anilines is 1. The van der Waals surface area contributed by atoms with Crippen LogP contribution in [0.1, 0.15) is 43.0 Å². The highest BCUT2D eigenvalue weighted by Crippen LogP contribution is 2.42. The molecule has 2 fully saturated rings. The number of rotatable bonds is 10. The van der Waals surface area contributed by atoms with Crippen molar-refractivity contribution in [2.45, 2.75) is 48.2 Å². The molecule has 8 heteroatoms. The van der Waals surface area contributed by atoms with Gasteiger partial charge in [-0.3, -0.25) is 0 Å². The van der Waals surface area contributed by atoms with Gasteiger partial charge in [-0.25, -0.2) is 9.37 Å². The fourth-order valence-electron chi connectivity index (χ4n) is 3.83. The van der Waals surface area contributed by atoms with E-state index in [1.54, 1.807) is 6.20 Å². The monoisotopic (exact) mass is 460 g/mol. The zero-order chi connectivity index (χ0) is 21.5. The zero-order valence-electron chi connectivity index (χ0n) is 17.5. The van der Waals surface area contributed by atoms with Crippen molar-refractivity contribution in [1.82, 2.24) is 10.3 Å². The predicted molar refractivity (Wildman–Crippen MR) is 128 cm³/mol. The molecule has 0 bridgehead atoms. The molecule has 1 aromatic heterocycles. The molecule has 1 aliphatic carbocycles. The Balaban J connectivity index is 1.56. The minimum absolute atomic E-state index is 0.232. The molecule has 2 heterocycles. The number of benzene rings is 1. The topological polar surface area (TPSA) is 70.0 Å². The molecule has 1 aliphatic heterocycles. The molecule has 31 heavy (non-hydrogen) atoms. The van der Waals surface area contributed by atoms with Crippen LogP contribution in [0.25, 0.3) is 10.4 Å². The van der Waals surface area contributed by atoms with Crippen LogP contribution in [0.2, 0.25) is 0 Å². The quantitative estimate of drug-likeness (QED) is 0.308. The number of alkyl halides is 1. The van der Waals surface area contributed by atoms with E-state index in [1.807, 2.05) is 35.4 Å². The molecular formula is C23H29FN4OS2. The van der Waals surface area contributed by atoms with Gasteiger partial charge in [0.05, 0.1) is 34.0 Å². The lowest BCUT2D eigenvalue weighted by Gasteiger charge is -2.26. The smallest absolute Gasteiger partial charge is 0.107 e. The van der Waals surface area contributed by atoms with Crippen LogP contribution in [-0.2, 0) is 4.74 Å². The van der Waals surface area contributed by atoms with Crippen LogP contribution in [0.15, 0.2) is 41.2 Å². The number of ether oxygens (including phenoxy) is 1. The van der Waals surface area contributed by atoms with Gasteiger partial charge in [0.15, 0.2) is 0 Å². The molecule has 0 amide bonds. The van der Waals surface area contributed by atoms with E-state index in [0.717, 1.165) is 18.9 Å². The first-order valence-electron chi connectivity index (χ1n) is 10.9. The normalized spacial score (nSPS) is 17.9. The van der Waals surface area contributed by atoms with Gasteiger partial charge >= 0.3 is 0 Å². The summed E-state index contributed by atoms with van der Waals surface area (Å²) in [6, 6.07) is 6.30. The molecule has 1 saturated heterocycles. The number of hydrogen-bond acceptors (Lipinski definition) is 7. The molecule has 0 radical (unpaired) electrons. The van der Waals surface area contributed by atoms with Crippen molar-refractivity contribution in [3.8, 4) is 10.4 Å². The Labute approximate surface area is 191 Å². The van der Waals surface area contributed by atoms with E-state index in [0.29, 0.717) is 16.9 Å². The SMILES string of the molecule is N=C/C(=C\NCCF)Nc1ccc(-c2cnc(C3CCCCC3)s2)c(SC2COC2)c1. The van der Waals surface area contributed by atoms with E-state index in [4.69, 9.17) is 15.1 Å². The second-order valence-electron chi connectivity index (χ2n) is 7.90. The van der Waals surface area contributed by atoms with Crippen molar-refractivity contribution < 1.29 is 9.13 Å². The summed E-state index contributed by atoms with van der Waals surface area (Å²) in [5, 5.41) is 15.5. The van der Waals surface area contributed by atoms with Crippen molar-refractivity contribution in [3.63, 3.8) is 0 Å². The third-order valence-corrected chi connectivity index (χ3v) is 7.96. The van der Waals surface area contributed by atoms with Gasteiger partial charge in [0.1, 0.15) is 6.67 Å². The highest BCUT2D eigenvalue weighted by molar-refractivity contribution is 8.00. The summed E-state index contributed by atoms with van der Waals surface area (Å²) in [5.74, 6) is 0.613. The predicted octanol–water partition coefficient (Wildman–Crippen LogP) is 5.81. The number of halogens is 1. The first kappa shape index (κ1) is 22.3. The van der Waals surface area contributed by atoms with E-state index < -0.39 is 6.67 Å². The lowest BCUT2D eigenvalue weighted by molar-refractivity contribution is 0.0455. The van der Waals surface area contributed by atoms with Gasteiger partial charge in [0.25, 0.3) is 0 Å². The summed E-state index contributed by atoms with van der Waals surface area (Å²) in [7, 11) is 0. The Hall–Kier alpha value is -1.90. The maximum Gasteiger partial charge on any atom is 0.107 e. The summed E-state index contributed by atoms with van der Waals surface area (Å²) in [5.41, 5.74) is 2.69. The number of thiazole rings is 1. The summed E-state index contributed by atoms with van der Waals surface area (Å²) in [4.78, 5) is 7.19. The molecule has 2 aliphatic rings. The molecule has 1 aromatic carbocycles. The van der Waals surface area contributed by atoms with Crippen molar-refractivity contribution in [2.24, 2.45) is 0 Å². The second kappa shape index (κ2) is 11.1. The number of nitrogens with one attached hydrogen (secondary N) is 3. The van der Waals surface area contributed by atoms with E-state index in [-0.39, 0.29) is 6.54 Å². The summed E-state index contributed by atoms with van der Waals surface area (Å²) in [6.45, 7) is 1.33. The van der Waals surface area contributed by atoms with Crippen molar-refractivity contribution in [2.75, 3.05) is 31.7 Å². The first-order valence-corrected chi connectivity index (χ1v) is 12.6. The minimum atomic E-state index is -0.446. The minimum Gasteiger partial charge on any atom is -0.387 e. The van der Waals surface area contributed by atoms with E-state index in [9.17, 15) is 4.39 Å². The highest BCUT2D eigenvalue weighted by Gasteiger charge is 2.23. The first-order chi connectivity index (χ1) is 15.3. The average Bonchev–Trinajstić information content (AvgIpc) is 3.26. The number of hydrogen-bond donors (Lipinski definition) is 3. The Morgan fingerprint density at radius 2 is 2.13 bits per heavy atom. The maximum absolute atomic E-state index is 12.3. The third kappa shape index (κ3) is 5.87. The number of aromatic nitrogens is 1. The van der Waals surface area contributed by atoms with Gasteiger partial charge in [-0.1, -0.05) is 25.3 Å². The second-order valence-corrected chi connectivity index (χ2v) is 10.3. The fourth-order valence-corrected chi connectivity index (χ4v) is 6.21. The Kier molecular flexibility index (Phi) is 7.99. The fraction of sp³-hybridized carbons (Fsp3) is 0.478. The molecule has 0 unspecified atom stereocenters. The molecular weight excluding hydrogens is 431 g/mol. The van der Waals surface area contributed by atoms with Gasteiger partial charge in [0.2, 0.25) is 0 Å². The largest absolute Gasteiger partial charge is 0.387 e. The number of thioether (sulfide) groups is 1. The zero-order valence-corrected chi connectivity index (χ0v) is 19.2. The Bertz CT molecular complexity index is 907. The molecule has 166 valence electrons. The molecule has 0 spiro atoms. The van der Waals surface area contributed by atoms with E-state index in [1.165, 1.54) is 58.7 Å². The maximum atomic E-state index is 12.3. The lowest BCUT2D eigenvalue weighted by atomic mass is 9.90. The number of nitrogens with zero attached hydrogens (tertiary/aromatic N) is 1. The molecule has 4 rings (SSSR count). The molecule has 0 atom stereocenters. The van der Waals surface area contributed by atoms with Crippen LogP contribution in [0.5, 0.6) is 0 Å². The van der Waals surface area contributed by atoms with Crippen LogP contribution in [-0.4, -0.2) is 42.9 Å². The van der Waals surface area contributed by atoms with Crippen molar-refractivity contribution in [1.29, 1.82) is 5.41 Å². The van der Waals surface area contributed by atoms with Gasteiger partial charge in [0, 0.05) is 47.2 Å².